The summed E-state index contributed by atoms with van der Waals surface area (Å²) in [6, 6.07) is 10.9. The number of amides is 1. The first-order valence-electron chi connectivity index (χ1n) is 8.36. The summed E-state index contributed by atoms with van der Waals surface area (Å²) in [4.78, 5) is 26.2. The summed E-state index contributed by atoms with van der Waals surface area (Å²) < 4.78 is 1.44. The Bertz CT molecular complexity index is 772. The van der Waals surface area contributed by atoms with Crippen LogP contribution in [0.5, 0.6) is 0 Å². The lowest BCUT2D eigenvalue weighted by Gasteiger charge is -2.32. The van der Waals surface area contributed by atoms with Gasteiger partial charge in [-0.15, -0.1) is 0 Å². The number of piperidine rings is 1. The lowest BCUT2D eigenvalue weighted by atomic mass is 9.99. The van der Waals surface area contributed by atoms with E-state index in [1.165, 1.54) is 29.2 Å². The molecule has 3 rings (SSSR count). The van der Waals surface area contributed by atoms with Crippen LogP contribution in [0.25, 0.3) is 0 Å². The Morgan fingerprint density at radius 3 is 2.42 bits per heavy atom. The summed E-state index contributed by atoms with van der Waals surface area (Å²) in [5.41, 5.74) is 2.09. The molecule has 1 N–H and O–H groups in total. The lowest BCUT2D eigenvalue weighted by Crippen LogP contribution is -2.32. The second-order valence-electron chi connectivity index (χ2n) is 6.54. The molecular weight excluding hydrogens is 302 g/mol. The van der Waals surface area contributed by atoms with Crippen LogP contribution in [0.3, 0.4) is 0 Å². The van der Waals surface area contributed by atoms with Crippen LogP contribution in [0.2, 0.25) is 0 Å². The van der Waals surface area contributed by atoms with Gasteiger partial charge in [-0.05, 0) is 49.1 Å². The van der Waals surface area contributed by atoms with Crippen LogP contribution in [0.1, 0.15) is 30.1 Å². The molecular formula is C19H23N3O2. The third kappa shape index (κ3) is 3.67. The predicted octanol–water partition coefficient (Wildman–Crippen LogP) is 2.87. The van der Waals surface area contributed by atoms with Gasteiger partial charge >= 0.3 is 0 Å². The van der Waals surface area contributed by atoms with Crippen molar-refractivity contribution < 1.29 is 4.79 Å². The van der Waals surface area contributed by atoms with Crippen LogP contribution in [-0.2, 0) is 7.05 Å². The number of hydrogen-bond donors (Lipinski definition) is 1. The van der Waals surface area contributed by atoms with E-state index in [9.17, 15) is 9.59 Å². The summed E-state index contributed by atoms with van der Waals surface area (Å²) in [6.07, 6.45) is 4.04. The molecule has 5 nitrogen and oxygen atoms in total. The van der Waals surface area contributed by atoms with Crippen molar-refractivity contribution >= 4 is 17.3 Å². The van der Waals surface area contributed by atoms with E-state index in [4.69, 9.17) is 0 Å². The molecule has 1 aromatic carbocycles. The highest BCUT2D eigenvalue weighted by atomic mass is 16.2. The van der Waals surface area contributed by atoms with Crippen molar-refractivity contribution in [2.45, 2.75) is 19.8 Å². The zero-order chi connectivity index (χ0) is 17.1. The van der Waals surface area contributed by atoms with Crippen LogP contribution < -0.4 is 15.8 Å². The fraction of sp³-hybridized carbons (Fsp3) is 0.368. The van der Waals surface area contributed by atoms with Crippen LogP contribution in [0.4, 0.5) is 11.4 Å². The number of benzene rings is 1. The number of rotatable bonds is 3. The Morgan fingerprint density at radius 2 is 1.79 bits per heavy atom. The molecule has 0 spiro atoms. The number of anilines is 2. The number of aryl methyl sites for hydroxylation is 1. The maximum absolute atomic E-state index is 12.2. The number of aromatic nitrogens is 1. The van der Waals surface area contributed by atoms with Gasteiger partial charge in [-0.2, -0.15) is 0 Å². The number of nitrogens with one attached hydrogen (secondary N) is 1. The molecule has 5 heteroatoms. The lowest BCUT2D eigenvalue weighted by molar-refractivity contribution is 0.102. The molecule has 1 fully saturated rings. The van der Waals surface area contributed by atoms with Gasteiger partial charge in [0.1, 0.15) is 0 Å². The Hall–Kier alpha value is -2.56. The molecule has 1 aliphatic heterocycles. The van der Waals surface area contributed by atoms with Gasteiger partial charge in [0, 0.05) is 49.3 Å². The number of pyridine rings is 1. The molecule has 126 valence electrons. The van der Waals surface area contributed by atoms with Gasteiger partial charge in [-0.3, -0.25) is 9.59 Å². The minimum Gasteiger partial charge on any atom is -0.372 e. The molecule has 2 heterocycles. The predicted molar refractivity (Wildman–Crippen MR) is 96.7 cm³/mol. The quantitative estimate of drug-likeness (QED) is 0.944. The SMILES string of the molecule is CC1CCN(c2ccc(NC(=O)c3ccn(C)c(=O)c3)cc2)CC1. The first-order chi connectivity index (χ1) is 11.5. The zero-order valence-corrected chi connectivity index (χ0v) is 14.2. The van der Waals surface area contributed by atoms with Crippen molar-refractivity contribution in [3.05, 3.63) is 58.5 Å². The van der Waals surface area contributed by atoms with E-state index in [2.05, 4.69) is 17.1 Å². The molecule has 1 amide bonds. The molecule has 24 heavy (non-hydrogen) atoms. The van der Waals surface area contributed by atoms with Crippen LogP contribution in [0, 0.1) is 5.92 Å². The molecule has 0 bridgehead atoms. The molecule has 1 saturated heterocycles. The van der Waals surface area contributed by atoms with E-state index in [-0.39, 0.29) is 11.5 Å². The van der Waals surface area contributed by atoms with Crippen LogP contribution >= 0.6 is 0 Å². The second-order valence-corrected chi connectivity index (χ2v) is 6.54. The van der Waals surface area contributed by atoms with Gasteiger partial charge in [-0.1, -0.05) is 6.92 Å². The fourth-order valence-electron chi connectivity index (χ4n) is 2.92. The Morgan fingerprint density at radius 1 is 1.12 bits per heavy atom. The summed E-state index contributed by atoms with van der Waals surface area (Å²) in [6.45, 7) is 4.47. The largest absolute Gasteiger partial charge is 0.372 e. The summed E-state index contributed by atoms with van der Waals surface area (Å²) in [5, 5.41) is 2.84. The van der Waals surface area contributed by atoms with Crippen molar-refractivity contribution in [3.8, 4) is 0 Å². The second kappa shape index (κ2) is 6.91. The third-order valence-corrected chi connectivity index (χ3v) is 4.64. The van der Waals surface area contributed by atoms with E-state index >= 15 is 0 Å². The maximum atomic E-state index is 12.2. The highest BCUT2D eigenvalue weighted by Gasteiger charge is 2.16. The standard InChI is InChI=1S/C19H23N3O2/c1-14-7-11-22(12-8-14)17-5-3-16(4-6-17)20-19(24)15-9-10-21(2)18(23)13-15/h3-6,9-10,13-14H,7-8,11-12H2,1-2H3,(H,20,24). The number of carbonyl (C=O) groups is 1. The molecule has 2 aromatic rings. The summed E-state index contributed by atoms with van der Waals surface area (Å²) >= 11 is 0. The molecule has 0 saturated carbocycles. The highest BCUT2D eigenvalue weighted by molar-refractivity contribution is 6.04. The third-order valence-electron chi connectivity index (χ3n) is 4.64. The Kier molecular flexibility index (Phi) is 4.69. The Labute approximate surface area is 141 Å². The fourth-order valence-corrected chi connectivity index (χ4v) is 2.92. The van der Waals surface area contributed by atoms with E-state index in [1.807, 2.05) is 24.3 Å². The highest BCUT2D eigenvalue weighted by Crippen LogP contribution is 2.24. The van der Waals surface area contributed by atoms with Gasteiger partial charge in [-0.25, -0.2) is 0 Å². The average Bonchev–Trinajstić information content (AvgIpc) is 2.59. The van der Waals surface area contributed by atoms with Gasteiger partial charge in [0.25, 0.3) is 11.5 Å². The first kappa shape index (κ1) is 16.3. The van der Waals surface area contributed by atoms with E-state index < -0.39 is 0 Å². The smallest absolute Gasteiger partial charge is 0.255 e. The van der Waals surface area contributed by atoms with E-state index in [1.54, 1.807) is 19.3 Å². The van der Waals surface area contributed by atoms with Crippen molar-refractivity contribution in [1.82, 2.24) is 4.57 Å². The topological polar surface area (TPSA) is 54.3 Å². The first-order valence-corrected chi connectivity index (χ1v) is 8.36. The van der Waals surface area contributed by atoms with E-state index in [0.29, 0.717) is 5.56 Å². The minimum absolute atomic E-state index is 0.197. The molecule has 1 aliphatic rings. The number of carbonyl (C=O) groups excluding carboxylic acids is 1. The van der Waals surface area contributed by atoms with E-state index in [0.717, 1.165) is 24.7 Å². The minimum atomic E-state index is -0.271. The van der Waals surface area contributed by atoms with Crippen molar-refractivity contribution in [2.75, 3.05) is 23.3 Å². The van der Waals surface area contributed by atoms with Crippen LogP contribution in [0.15, 0.2) is 47.4 Å². The molecule has 0 unspecified atom stereocenters. The molecule has 0 atom stereocenters. The van der Waals surface area contributed by atoms with Gasteiger partial charge < -0.3 is 14.8 Å². The van der Waals surface area contributed by atoms with Gasteiger partial charge in [0.15, 0.2) is 0 Å². The molecule has 0 radical (unpaired) electrons. The maximum Gasteiger partial charge on any atom is 0.255 e. The average molecular weight is 325 g/mol. The molecule has 1 aromatic heterocycles. The van der Waals surface area contributed by atoms with Crippen molar-refractivity contribution in [2.24, 2.45) is 13.0 Å². The number of nitrogens with zero attached hydrogens (tertiary/aromatic N) is 2. The molecule has 0 aliphatic carbocycles. The monoisotopic (exact) mass is 325 g/mol. The number of hydrogen-bond acceptors (Lipinski definition) is 3. The van der Waals surface area contributed by atoms with Gasteiger partial charge in [0.05, 0.1) is 0 Å². The van der Waals surface area contributed by atoms with Gasteiger partial charge in [0.2, 0.25) is 0 Å². The van der Waals surface area contributed by atoms with Crippen molar-refractivity contribution in [3.63, 3.8) is 0 Å². The summed E-state index contributed by atoms with van der Waals surface area (Å²) in [5.74, 6) is 0.533. The zero-order valence-electron chi connectivity index (χ0n) is 14.2. The normalized spacial score (nSPS) is 15.3. The Balaban J connectivity index is 1.66. The summed E-state index contributed by atoms with van der Waals surface area (Å²) in [7, 11) is 1.66. The van der Waals surface area contributed by atoms with Crippen LogP contribution in [-0.4, -0.2) is 23.6 Å². The van der Waals surface area contributed by atoms with Crippen molar-refractivity contribution in [1.29, 1.82) is 0 Å².